The van der Waals surface area contributed by atoms with Crippen LogP contribution in [0.2, 0.25) is 0 Å². The molecular formula is C13H23NO. The molecule has 86 valence electrons. The summed E-state index contributed by atoms with van der Waals surface area (Å²) in [6.45, 7) is 2.30. The molecule has 2 fully saturated rings. The van der Waals surface area contributed by atoms with E-state index in [1.165, 1.54) is 38.5 Å². The van der Waals surface area contributed by atoms with Crippen LogP contribution in [0.3, 0.4) is 0 Å². The van der Waals surface area contributed by atoms with Crippen LogP contribution in [0.1, 0.15) is 45.4 Å². The minimum atomic E-state index is 0.343. The Morgan fingerprint density at radius 1 is 1.33 bits per heavy atom. The summed E-state index contributed by atoms with van der Waals surface area (Å²) in [5, 5.41) is 0. The fourth-order valence-electron chi connectivity index (χ4n) is 3.57. The molecule has 2 aliphatic rings. The van der Waals surface area contributed by atoms with Crippen LogP contribution < -0.4 is 0 Å². The van der Waals surface area contributed by atoms with E-state index in [0.717, 1.165) is 5.92 Å². The first-order valence-corrected chi connectivity index (χ1v) is 6.27. The number of hydrogen-bond donors (Lipinski definition) is 0. The number of rotatable bonds is 2. The molecular weight excluding hydrogens is 186 g/mol. The summed E-state index contributed by atoms with van der Waals surface area (Å²) in [5.74, 6) is 1.64. The normalized spacial score (nSPS) is 39.1. The third-order valence-electron chi connectivity index (χ3n) is 4.53. The van der Waals surface area contributed by atoms with Gasteiger partial charge in [0.2, 0.25) is 5.91 Å². The highest BCUT2D eigenvalue weighted by Gasteiger charge is 2.50. The average Bonchev–Trinajstić information content (AvgIpc) is 2.58. The molecule has 0 N–H and O–H groups in total. The number of hydrogen-bond acceptors (Lipinski definition) is 1. The zero-order valence-corrected chi connectivity index (χ0v) is 10.3. The maximum atomic E-state index is 11.7. The van der Waals surface area contributed by atoms with E-state index in [-0.39, 0.29) is 0 Å². The summed E-state index contributed by atoms with van der Waals surface area (Å²) in [4.78, 5) is 13.5. The van der Waals surface area contributed by atoms with Crippen molar-refractivity contribution in [2.24, 2.45) is 17.3 Å². The van der Waals surface area contributed by atoms with E-state index in [0.29, 0.717) is 17.2 Å². The van der Waals surface area contributed by atoms with Crippen LogP contribution in [0.4, 0.5) is 0 Å². The Bertz CT molecular complexity index is 253. The first-order chi connectivity index (χ1) is 7.06. The molecule has 0 aromatic rings. The number of carbonyl (C=O) groups is 1. The molecule has 0 aromatic carbocycles. The van der Waals surface area contributed by atoms with Crippen molar-refractivity contribution in [1.29, 1.82) is 0 Å². The number of nitrogens with zero attached hydrogens (tertiary/aromatic N) is 1. The first kappa shape index (κ1) is 11.0. The zero-order chi connectivity index (χ0) is 11.1. The first-order valence-electron chi connectivity index (χ1n) is 6.27. The Kier molecular flexibility index (Phi) is 2.78. The fourth-order valence-corrected chi connectivity index (χ4v) is 3.57. The van der Waals surface area contributed by atoms with E-state index in [9.17, 15) is 4.79 Å². The van der Waals surface area contributed by atoms with Crippen LogP contribution in [0.15, 0.2) is 0 Å². The van der Waals surface area contributed by atoms with Gasteiger partial charge in [-0.05, 0) is 43.4 Å². The summed E-state index contributed by atoms with van der Waals surface area (Å²) in [6.07, 6.45) is 7.83. The molecule has 1 amide bonds. The highest BCUT2D eigenvalue weighted by atomic mass is 16.2. The highest BCUT2D eigenvalue weighted by molar-refractivity contribution is 5.79. The molecule has 0 heterocycles. The van der Waals surface area contributed by atoms with Crippen LogP contribution in [0, 0.1) is 17.3 Å². The Morgan fingerprint density at radius 2 is 2.00 bits per heavy atom. The lowest BCUT2D eigenvalue weighted by molar-refractivity contribution is -0.140. The minimum absolute atomic E-state index is 0.343. The van der Waals surface area contributed by atoms with E-state index in [1.54, 1.807) is 4.90 Å². The van der Waals surface area contributed by atoms with Crippen molar-refractivity contribution in [3.63, 3.8) is 0 Å². The topological polar surface area (TPSA) is 20.3 Å². The molecule has 1 atom stereocenters. The molecule has 1 spiro atoms. The van der Waals surface area contributed by atoms with Crippen molar-refractivity contribution < 1.29 is 4.79 Å². The fraction of sp³-hybridized carbons (Fsp3) is 0.923. The van der Waals surface area contributed by atoms with Gasteiger partial charge in [0.15, 0.2) is 0 Å². The molecule has 0 radical (unpaired) electrons. The molecule has 2 nitrogen and oxygen atoms in total. The van der Waals surface area contributed by atoms with Gasteiger partial charge < -0.3 is 4.90 Å². The monoisotopic (exact) mass is 209 g/mol. The van der Waals surface area contributed by atoms with Gasteiger partial charge >= 0.3 is 0 Å². The van der Waals surface area contributed by atoms with Crippen molar-refractivity contribution in [1.82, 2.24) is 4.90 Å². The molecule has 2 saturated carbocycles. The Morgan fingerprint density at radius 3 is 2.47 bits per heavy atom. The lowest BCUT2D eigenvalue weighted by Gasteiger charge is -2.45. The lowest BCUT2D eigenvalue weighted by Crippen LogP contribution is -2.44. The predicted octanol–water partition coefficient (Wildman–Crippen LogP) is 2.68. The second-order valence-electron chi connectivity index (χ2n) is 5.85. The highest BCUT2D eigenvalue weighted by Crippen LogP contribution is 2.58. The molecule has 1 unspecified atom stereocenters. The summed E-state index contributed by atoms with van der Waals surface area (Å²) in [7, 11) is 3.74. The number of amides is 1. The summed E-state index contributed by atoms with van der Waals surface area (Å²) < 4.78 is 0. The molecule has 2 rings (SSSR count). The standard InChI is InChI=1S/C13H23NO/c1-4-10-5-6-13(7-10)8-11(9-13)12(15)14(2)3/h10-11H,4-9H2,1-3H3. The van der Waals surface area contributed by atoms with Crippen LogP contribution in [0.25, 0.3) is 0 Å². The summed E-state index contributed by atoms with van der Waals surface area (Å²) >= 11 is 0. The maximum Gasteiger partial charge on any atom is 0.225 e. The van der Waals surface area contributed by atoms with Gasteiger partial charge in [0, 0.05) is 20.0 Å². The van der Waals surface area contributed by atoms with Crippen molar-refractivity contribution >= 4 is 5.91 Å². The second-order valence-corrected chi connectivity index (χ2v) is 5.85. The van der Waals surface area contributed by atoms with E-state index < -0.39 is 0 Å². The largest absolute Gasteiger partial charge is 0.349 e. The van der Waals surface area contributed by atoms with E-state index in [4.69, 9.17) is 0 Å². The van der Waals surface area contributed by atoms with Crippen LogP contribution in [0.5, 0.6) is 0 Å². The Labute approximate surface area is 93.0 Å². The maximum absolute atomic E-state index is 11.7. The predicted molar refractivity (Wildman–Crippen MR) is 61.5 cm³/mol. The van der Waals surface area contributed by atoms with Gasteiger partial charge in [0.05, 0.1) is 0 Å². The van der Waals surface area contributed by atoms with Crippen molar-refractivity contribution in [3.05, 3.63) is 0 Å². The zero-order valence-electron chi connectivity index (χ0n) is 10.3. The van der Waals surface area contributed by atoms with E-state index >= 15 is 0 Å². The number of carbonyl (C=O) groups excluding carboxylic acids is 1. The van der Waals surface area contributed by atoms with Gasteiger partial charge in [-0.25, -0.2) is 0 Å². The van der Waals surface area contributed by atoms with Gasteiger partial charge in [-0.15, -0.1) is 0 Å². The van der Waals surface area contributed by atoms with Crippen molar-refractivity contribution in [2.45, 2.75) is 45.4 Å². The van der Waals surface area contributed by atoms with Gasteiger partial charge in [-0.2, -0.15) is 0 Å². The second kappa shape index (κ2) is 3.80. The van der Waals surface area contributed by atoms with Gasteiger partial charge in [-0.3, -0.25) is 4.79 Å². The molecule has 2 heteroatoms. The molecule has 0 bridgehead atoms. The minimum Gasteiger partial charge on any atom is -0.349 e. The Hall–Kier alpha value is -0.530. The molecule has 0 saturated heterocycles. The third kappa shape index (κ3) is 1.91. The molecule has 0 aromatic heterocycles. The summed E-state index contributed by atoms with van der Waals surface area (Å²) in [5.41, 5.74) is 0.580. The molecule has 0 aliphatic heterocycles. The molecule has 15 heavy (non-hydrogen) atoms. The quantitative estimate of drug-likeness (QED) is 0.684. The average molecular weight is 209 g/mol. The van der Waals surface area contributed by atoms with Crippen LogP contribution >= 0.6 is 0 Å². The SMILES string of the molecule is CCC1CCC2(C1)CC(C(=O)N(C)C)C2. The lowest BCUT2D eigenvalue weighted by atomic mass is 9.60. The van der Waals surface area contributed by atoms with Crippen molar-refractivity contribution in [3.8, 4) is 0 Å². The Balaban J connectivity index is 1.85. The van der Waals surface area contributed by atoms with E-state index in [2.05, 4.69) is 6.92 Å². The van der Waals surface area contributed by atoms with Crippen LogP contribution in [-0.4, -0.2) is 24.9 Å². The van der Waals surface area contributed by atoms with Crippen molar-refractivity contribution in [2.75, 3.05) is 14.1 Å². The molecule has 2 aliphatic carbocycles. The summed E-state index contributed by atoms with van der Waals surface area (Å²) in [6, 6.07) is 0. The van der Waals surface area contributed by atoms with Crippen LogP contribution in [-0.2, 0) is 4.79 Å². The van der Waals surface area contributed by atoms with Gasteiger partial charge in [0.1, 0.15) is 0 Å². The van der Waals surface area contributed by atoms with E-state index in [1.807, 2.05) is 14.1 Å². The third-order valence-corrected chi connectivity index (χ3v) is 4.53. The van der Waals surface area contributed by atoms with Gasteiger partial charge in [-0.1, -0.05) is 13.3 Å². The smallest absolute Gasteiger partial charge is 0.225 e. The van der Waals surface area contributed by atoms with Gasteiger partial charge in [0.25, 0.3) is 0 Å².